The fourth-order valence-corrected chi connectivity index (χ4v) is 2.04. The molecule has 0 radical (unpaired) electrons. The third kappa shape index (κ3) is 3.69. The number of likely N-dealkylation sites (N-methyl/N-ethyl adjacent to an activating group) is 1. The second kappa shape index (κ2) is 7.26. The number of benzene rings is 1. The standard InChI is InChI=1S/C15H17N5O2.ClH/c1-10(16-2)8-13-17-15(22-19-13)14-12(21)9-20(18-14)11-6-4-3-5-7-11;/h3-7,9-10,16,21H,8H2,1-2H3;1H. The van der Waals surface area contributed by atoms with Crippen molar-refractivity contribution in [3.63, 3.8) is 0 Å². The van der Waals surface area contributed by atoms with Gasteiger partial charge in [-0.15, -0.1) is 12.4 Å². The first-order chi connectivity index (χ1) is 10.7. The Labute approximate surface area is 139 Å². The molecule has 1 atom stereocenters. The lowest BCUT2D eigenvalue weighted by Crippen LogP contribution is -2.24. The van der Waals surface area contributed by atoms with Crippen LogP contribution in [0.1, 0.15) is 12.7 Å². The SMILES string of the molecule is CNC(C)Cc1noc(-c2nn(-c3ccccc3)cc2O)n1.Cl. The predicted molar refractivity (Wildman–Crippen MR) is 88.0 cm³/mol. The van der Waals surface area contributed by atoms with Crippen LogP contribution in [0.5, 0.6) is 5.75 Å². The van der Waals surface area contributed by atoms with Crippen LogP contribution in [0.15, 0.2) is 41.1 Å². The zero-order valence-electron chi connectivity index (χ0n) is 12.8. The summed E-state index contributed by atoms with van der Waals surface area (Å²) in [6.07, 6.45) is 2.16. The number of hydrogen-bond donors (Lipinski definition) is 2. The van der Waals surface area contributed by atoms with E-state index in [4.69, 9.17) is 4.52 Å². The highest BCUT2D eigenvalue weighted by Gasteiger charge is 2.18. The van der Waals surface area contributed by atoms with Crippen LogP contribution >= 0.6 is 12.4 Å². The van der Waals surface area contributed by atoms with Crippen LogP contribution in [0.2, 0.25) is 0 Å². The average Bonchev–Trinajstić information content (AvgIpc) is 3.14. The van der Waals surface area contributed by atoms with Crippen molar-refractivity contribution in [2.24, 2.45) is 0 Å². The van der Waals surface area contributed by atoms with E-state index in [0.29, 0.717) is 12.2 Å². The number of nitrogens with one attached hydrogen (secondary N) is 1. The van der Waals surface area contributed by atoms with Crippen molar-refractivity contribution in [1.82, 2.24) is 25.2 Å². The fraction of sp³-hybridized carbons (Fsp3) is 0.267. The highest BCUT2D eigenvalue weighted by atomic mass is 35.5. The van der Waals surface area contributed by atoms with Gasteiger partial charge in [-0.05, 0) is 26.1 Å². The molecule has 2 aromatic heterocycles. The molecule has 1 aromatic carbocycles. The zero-order chi connectivity index (χ0) is 15.5. The van der Waals surface area contributed by atoms with E-state index in [1.54, 1.807) is 4.68 Å². The summed E-state index contributed by atoms with van der Waals surface area (Å²) in [5.41, 5.74) is 1.12. The second-order valence-corrected chi connectivity index (χ2v) is 5.05. The summed E-state index contributed by atoms with van der Waals surface area (Å²) in [5, 5.41) is 21.4. The predicted octanol–water partition coefficient (Wildman–Crippen LogP) is 2.20. The lowest BCUT2D eigenvalue weighted by atomic mass is 10.2. The van der Waals surface area contributed by atoms with Gasteiger partial charge in [0.25, 0.3) is 5.89 Å². The van der Waals surface area contributed by atoms with Crippen LogP contribution in [0.3, 0.4) is 0 Å². The fourth-order valence-electron chi connectivity index (χ4n) is 2.04. The van der Waals surface area contributed by atoms with E-state index >= 15 is 0 Å². The quantitative estimate of drug-likeness (QED) is 0.743. The number of hydrogen-bond acceptors (Lipinski definition) is 6. The average molecular weight is 336 g/mol. The molecule has 0 bridgehead atoms. The van der Waals surface area contributed by atoms with E-state index in [2.05, 4.69) is 20.6 Å². The molecule has 0 saturated heterocycles. The van der Waals surface area contributed by atoms with E-state index < -0.39 is 0 Å². The van der Waals surface area contributed by atoms with Gasteiger partial charge >= 0.3 is 0 Å². The lowest BCUT2D eigenvalue weighted by Gasteiger charge is -2.04. The molecular weight excluding hydrogens is 318 g/mol. The van der Waals surface area contributed by atoms with Gasteiger partial charge in [-0.1, -0.05) is 23.4 Å². The van der Waals surface area contributed by atoms with Crippen molar-refractivity contribution in [1.29, 1.82) is 0 Å². The normalized spacial score (nSPS) is 11.9. The number of nitrogens with zero attached hydrogens (tertiary/aromatic N) is 4. The summed E-state index contributed by atoms with van der Waals surface area (Å²) in [6, 6.07) is 9.74. The molecule has 0 aliphatic heterocycles. The smallest absolute Gasteiger partial charge is 0.282 e. The molecule has 0 saturated carbocycles. The first-order valence-electron chi connectivity index (χ1n) is 7.01. The molecule has 2 heterocycles. The Morgan fingerprint density at radius 3 is 2.74 bits per heavy atom. The summed E-state index contributed by atoms with van der Waals surface area (Å²) >= 11 is 0. The maximum atomic E-state index is 10.1. The van der Waals surface area contributed by atoms with Gasteiger partial charge in [-0.3, -0.25) is 0 Å². The molecule has 2 N–H and O–H groups in total. The van der Waals surface area contributed by atoms with Gasteiger partial charge in [0.15, 0.2) is 17.3 Å². The first kappa shape index (κ1) is 17.0. The van der Waals surface area contributed by atoms with E-state index in [-0.39, 0.29) is 35.8 Å². The minimum Gasteiger partial charge on any atom is -0.504 e. The van der Waals surface area contributed by atoms with Gasteiger partial charge < -0.3 is 14.9 Å². The Hall–Kier alpha value is -2.38. The van der Waals surface area contributed by atoms with Crippen LogP contribution in [-0.4, -0.2) is 38.1 Å². The van der Waals surface area contributed by atoms with E-state index in [0.717, 1.165) is 5.69 Å². The number of para-hydroxylation sites is 1. The molecule has 3 rings (SSSR count). The van der Waals surface area contributed by atoms with E-state index in [1.165, 1.54) is 6.20 Å². The van der Waals surface area contributed by atoms with Crippen molar-refractivity contribution < 1.29 is 9.63 Å². The molecule has 0 aliphatic carbocycles. The summed E-state index contributed by atoms with van der Waals surface area (Å²) in [7, 11) is 1.87. The molecule has 0 amide bonds. The molecule has 23 heavy (non-hydrogen) atoms. The molecular formula is C15H18ClN5O2. The van der Waals surface area contributed by atoms with E-state index in [1.807, 2.05) is 44.3 Å². The number of rotatable bonds is 5. The molecule has 7 nitrogen and oxygen atoms in total. The van der Waals surface area contributed by atoms with Crippen molar-refractivity contribution in [3.05, 3.63) is 42.4 Å². The van der Waals surface area contributed by atoms with Crippen LogP contribution in [0.25, 0.3) is 17.3 Å². The monoisotopic (exact) mass is 335 g/mol. The molecule has 0 fully saturated rings. The molecule has 0 aliphatic rings. The van der Waals surface area contributed by atoms with Crippen LogP contribution in [-0.2, 0) is 6.42 Å². The molecule has 122 valence electrons. The van der Waals surface area contributed by atoms with Crippen molar-refractivity contribution >= 4 is 12.4 Å². The highest BCUT2D eigenvalue weighted by molar-refractivity contribution is 5.85. The second-order valence-electron chi connectivity index (χ2n) is 5.05. The maximum absolute atomic E-state index is 10.1. The zero-order valence-corrected chi connectivity index (χ0v) is 13.6. The van der Waals surface area contributed by atoms with Crippen molar-refractivity contribution in [2.75, 3.05) is 7.05 Å². The van der Waals surface area contributed by atoms with Crippen LogP contribution in [0.4, 0.5) is 0 Å². The minimum atomic E-state index is 0. The third-order valence-corrected chi connectivity index (χ3v) is 3.37. The van der Waals surface area contributed by atoms with Gasteiger partial charge in [-0.2, -0.15) is 10.1 Å². The Morgan fingerprint density at radius 2 is 2.04 bits per heavy atom. The first-order valence-corrected chi connectivity index (χ1v) is 7.01. The Kier molecular flexibility index (Phi) is 5.36. The minimum absolute atomic E-state index is 0. The van der Waals surface area contributed by atoms with Crippen LogP contribution in [0, 0.1) is 0 Å². The van der Waals surface area contributed by atoms with Gasteiger partial charge in [0.2, 0.25) is 0 Å². The summed E-state index contributed by atoms with van der Waals surface area (Å²) in [6.45, 7) is 2.03. The Morgan fingerprint density at radius 1 is 1.30 bits per heavy atom. The number of aromatic nitrogens is 4. The largest absolute Gasteiger partial charge is 0.504 e. The third-order valence-electron chi connectivity index (χ3n) is 3.37. The van der Waals surface area contributed by atoms with Crippen molar-refractivity contribution in [3.8, 4) is 23.0 Å². The molecule has 1 unspecified atom stereocenters. The van der Waals surface area contributed by atoms with E-state index in [9.17, 15) is 5.11 Å². The van der Waals surface area contributed by atoms with Gasteiger partial charge in [0.1, 0.15) is 0 Å². The topological polar surface area (TPSA) is 89.0 Å². The lowest BCUT2D eigenvalue weighted by molar-refractivity contribution is 0.412. The molecule has 0 spiro atoms. The Balaban J connectivity index is 0.00000192. The van der Waals surface area contributed by atoms with Crippen LogP contribution < -0.4 is 5.32 Å². The summed E-state index contributed by atoms with van der Waals surface area (Å²) < 4.78 is 6.78. The van der Waals surface area contributed by atoms with Gasteiger partial charge in [-0.25, -0.2) is 4.68 Å². The molecule has 8 heteroatoms. The van der Waals surface area contributed by atoms with Crippen molar-refractivity contribution in [2.45, 2.75) is 19.4 Å². The summed E-state index contributed by atoms with van der Waals surface area (Å²) in [4.78, 5) is 4.28. The maximum Gasteiger partial charge on any atom is 0.282 e. The van der Waals surface area contributed by atoms with Gasteiger partial charge in [0.05, 0.1) is 11.9 Å². The highest BCUT2D eigenvalue weighted by Crippen LogP contribution is 2.27. The Bertz CT molecular complexity index is 756. The number of aromatic hydroxyl groups is 1. The molecule has 3 aromatic rings. The van der Waals surface area contributed by atoms with Gasteiger partial charge in [0, 0.05) is 12.5 Å². The summed E-state index contributed by atoms with van der Waals surface area (Å²) in [5.74, 6) is 0.789. The number of halogens is 1.